The minimum Gasteiger partial charge on any atom is -0.310 e. The Morgan fingerprint density at radius 3 is 3.04 bits per heavy atom. The number of nitrogens with zero attached hydrogens (tertiary/aromatic N) is 4. The molecule has 0 atom stereocenters. The summed E-state index contributed by atoms with van der Waals surface area (Å²) < 4.78 is 1.41. The van der Waals surface area contributed by atoms with Crippen molar-refractivity contribution in [3.05, 3.63) is 40.9 Å². The third kappa shape index (κ3) is 3.25. The SMILES string of the molecule is CCCCC(=O)Nc1cc(=O)[nH]c2nc(-c3cccnc3)nn12. The van der Waals surface area contributed by atoms with E-state index in [1.165, 1.54) is 10.6 Å². The molecule has 0 aromatic carbocycles. The van der Waals surface area contributed by atoms with Crippen LogP contribution in [0.25, 0.3) is 17.2 Å². The van der Waals surface area contributed by atoms with E-state index in [0.717, 1.165) is 18.4 Å². The summed E-state index contributed by atoms with van der Waals surface area (Å²) in [6, 6.07) is 4.88. The average molecular weight is 312 g/mol. The number of pyridine rings is 1. The number of unbranched alkanes of at least 4 members (excludes halogenated alkanes) is 1. The molecule has 0 bridgehead atoms. The lowest BCUT2D eigenvalue weighted by Gasteiger charge is -2.05. The normalized spacial score (nSPS) is 10.8. The lowest BCUT2D eigenvalue weighted by atomic mass is 10.2. The highest BCUT2D eigenvalue weighted by atomic mass is 16.2. The van der Waals surface area contributed by atoms with E-state index in [9.17, 15) is 9.59 Å². The Kier molecular flexibility index (Phi) is 4.13. The molecule has 0 saturated heterocycles. The molecule has 1 amide bonds. The number of rotatable bonds is 5. The first-order valence-electron chi connectivity index (χ1n) is 7.37. The highest BCUT2D eigenvalue weighted by Crippen LogP contribution is 2.15. The Morgan fingerprint density at radius 2 is 2.30 bits per heavy atom. The first-order chi connectivity index (χ1) is 11.2. The molecule has 3 heterocycles. The monoisotopic (exact) mass is 312 g/mol. The molecule has 0 radical (unpaired) electrons. The van der Waals surface area contributed by atoms with E-state index in [-0.39, 0.29) is 17.2 Å². The summed E-state index contributed by atoms with van der Waals surface area (Å²) in [5, 5.41) is 7.05. The molecule has 8 heteroatoms. The number of aromatic amines is 1. The number of anilines is 1. The zero-order valence-electron chi connectivity index (χ0n) is 12.6. The highest BCUT2D eigenvalue weighted by molar-refractivity contribution is 5.90. The smallest absolute Gasteiger partial charge is 0.254 e. The Hall–Kier alpha value is -3.03. The zero-order chi connectivity index (χ0) is 16.2. The molecule has 23 heavy (non-hydrogen) atoms. The van der Waals surface area contributed by atoms with Gasteiger partial charge in [-0.15, -0.1) is 5.10 Å². The second-order valence-corrected chi connectivity index (χ2v) is 5.08. The topological polar surface area (TPSA) is 105 Å². The molecule has 118 valence electrons. The van der Waals surface area contributed by atoms with E-state index in [2.05, 4.69) is 25.4 Å². The van der Waals surface area contributed by atoms with Gasteiger partial charge in [-0.25, -0.2) is 0 Å². The van der Waals surface area contributed by atoms with Crippen molar-refractivity contribution < 1.29 is 4.79 Å². The summed E-state index contributed by atoms with van der Waals surface area (Å²) in [5.41, 5.74) is 0.369. The molecule has 8 nitrogen and oxygen atoms in total. The third-order valence-corrected chi connectivity index (χ3v) is 3.28. The summed E-state index contributed by atoms with van der Waals surface area (Å²) in [7, 11) is 0. The van der Waals surface area contributed by atoms with Crippen LogP contribution in [0.4, 0.5) is 5.82 Å². The van der Waals surface area contributed by atoms with Gasteiger partial charge in [-0.3, -0.25) is 19.6 Å². The first-order valence-corrected chi connectivity index (χ1v) is 7.37. The van der Waals surface area contributed by atoms with Crippen LogP contribution in [0.1, 0.15) is 26.2 Å². The summed E-state index contributed by atoms with van der Waals surface area (Å²) in [4.78, 5) is 34.6. The minimum absolute atomic E-state index is 0.155. The molecule has 0 aliphatic heterocycles. The maximum Gasteiger partial charge on any atom is 0.254 e. The molecule has 0 unspecified atom stereocenters. The van der Waals surface area contributed by atoms with Gasteiger partial charge in [0.1, 0.15) is 5.82 Å². The number of fused-ring (bicyclic) bond motifs is 1. The van der Waals surface area contributed by atoms with Gasteiger partial charge in [0.2, 0.25) is 11.7 Å². The van der Waals surface area contributed by atoms with Gasteiger partial charge in [-0.2, -0.15) is 9.50 Å². The number of amides is 1. The van der Waals surface area contributed by atoms with Crippen molar-refractivity contribution >= 4 is 17.5 Å². The molecular weight excluding hydrogens is 296 g/mol. The fourth-order valence-corrected chi connectivity index (χ4v) is 2.14. The van der Waals surface area contributed by atoms with Gasteiger partial charge in [-0.05, 0) is 18.6 Å². The Bertz CT molecular complexity index is 884. The maximum absolute atomic E-state index is 11.9. The lowest BCUT2D eigenvalue weighted by molar-refractivity contribution is -0.116. The summed E-state index contributed by atoms with van der Waals surface area (Å²) in [5.74, 6) is 0.829. The molecule has 0 saturated carbocycles. The van der Waals surface area contributed by atoms with Crippen molar-refractivity contribution in [1.29, 1.82) is 0 Å². The number of carbonyl (C=O) groups is 1. The average Bonchev–Trinajstić information content (AvgIpc) is 2.98. The lowest BCUT2D eigenvalue weighted by Crippen LogP contribution is -2.18. The van der Waals surface area contributed by atoms with E-state index in [4.69, 9.17) is 0 Å². The van der Waals surface area contributed by atoms with Crippen LogP contribution >= 0.6 is 0 Å². The van der Waals surface area contributed by atoms with Crippen molar-refractivity contribution in [3.63, 3.8) is 0 Å². The molecule has 3 aromatic heterocycles. The van der Waals surface area contributed by atoms with Crippen molar-refractivity contribution in [1.82, 2.24) is 24.6 Å². The largest absolute Gasteiger partial charge is 0.310 e. The summed E-state index contributed by atoms with van der Waals surface area (Å²) in [6.07, 6.45) is 5.39. The molecule has 0 fully saturated rings. The van der Waals surface area contributed by atoms with E-state index in [0.29, 0.717) is 18.1 Å². The molecule has 3 rings (SSSR count). The number of H-pyrrole nitrogens is 1. The first kappa shape index (κ1) is 14.9. The fraction of sp³-hybridized carbons (Fsp3) is 0.267. The van der Waals surface area contributed by atoms with Gasteiger partial charge in [0, 0.05) is 30.4 Å². The van der Waals surface area contributed by atoms with E-state index >= 15 is 0 Å². The second kappa shape index (κ2) is 6.39. The molecule has 0 aliphatic carbocycles. The standard InChI is InChI=1S/C15H16N6O2/c1-2-3-6-12(22)17-11-8-13(23)18-15-19-14(20-21(11)15)10-5-4-7-16-9-10/h4-5,7-9H,2-3,6H2,1H3,(H,17,22)(H,18,19,20,23). The molecular formula is C15H16N6O2. The zero-order valence-corrected chi connectivity index (χ0v) is 12.6. The Morgan fingerprint density at radius 1 is 1.43 bits per heavy atom. The van der Waals surface area contributed by atoms with Gasteiger partial charge >= 0.3 is 0 Å². The van der Waals surface area contributed by atoms with Gasteiger partial charge in [0.15, 0.2) is 5.82 Å². The van der Waals surface area contributed by atoms with Gasteiger partial charge < -0.3 is 5.32 Å². The van der Waals surface area contributed by atoms with Crippen LogP contribution < -0.4 is 10.9 Å². The summed E-state index contributed by atoms with van der Waals surface area (Å²) >= 11 is 0. The van der Waals surface area contributed by atoms with E-state index in [1.54, 1.807) is 18.5 Å². The van der Waals surface area contributed by atoms with E-state index in [1.807, 2.05) is 13.0 Å². The minimum atomic E-state index is -0.353. The van der Waals surface area contributed by atoms with Crippen LogP contribution in [0.2, 0.25) is 0 Å². The van der Waals surface area contributed by atoms with Gasteiger partial charge in [-0.1, -0.05) is 13.3 Å². The second-order valence-electron chi connectivity index (χ2n) is 5.08. The number of aromatic nitrogens is 5. The van der Waals surface area contributed by atoms with Crippen LogP contribution in [0.15, 0.2) is 35.4 Å². The van der Waals surface area contributed by atoms with Crippen molar-refractivity contribution in [2.75, 3.05) is 5.32 Å². The number of nitrogens with one attached hydrogen (secondary N) is 2. The van der Waals surface area contributed by atoms with Gasteiger partial charge in [0.05, 0.1) is 0 Å². The predicted octanol–water partition coefficient (Wildman–Crippen LogP) is 1.61. The molecule has 0 spiro atoms. The quantitative estimate of drug-likeness (QED) is 0.744. The number of hydrogen-bond acceptors (Lipinski definition) is 5. The van der Waals surface area contributed by atoms with Crippen LogP contribution in [0, 0.1) is 0 Å². The van der Waals surface area contributed by atoms with Crippen LogP contribution in [0.3, 0.4) is 0 Å². The predicted molar refractivity (Wildman–Crippen MR) is 85.0 cm³/mol. The van der Waals surface area contributed by atoms with Crippen molar-refractivity contribution in [2.24, 2.45) is 0 Å². The number of carbonyl (C=O) groups excluding carboxylic acids is 1. The van der Waals surface area contributed by atoms with Gasteiger partial charge in [0.25, 0.3) is 5.56 Å². The molecule has 3 aromatic rings. The third-order valence-electron chi connectivity index (χ3n) is 3.28. The fourth-order valence-electron chi connectivity index (χ4n) is 2.14. The number of hydrogen-bond donors (Lipinski definition) is 2. The van der Waals surface area contributed by atoms with Crippen LogP contribution in [-0.2, 0) is 4.79 Å². The molecule has 2 N–H and O–H groups in total. The van der Waals surface area contributed by atoms with Crippen molar-refractivity contribution in [2.45, 2.75) is 26.2 Å². The molecule has 0 aliphatic rings. The Balaban J connectivity index is 1.99. The van der Waals surface area contributed by atoms with E-state index < -0.39 is 0 Å². The van der Waals surface area contributed by atoms with Crippen LogP contribution in [0.5, 0.6) is 0 Å². The highest BCUT2D eigenvalue weighted by Gasteiger charge is 2.12. The Labute approximate surface area is 131 Å². The van der Waals surface area contributed by atoms with Crippen LogP contribution in [-0.4, -0.2) is 30.5 Å². The summed E-state index contributed by atoms with van der Waals surface area (Å²) in [6.45, 7) is 2.01. The van der Waals surface area contributed by atoms with Crippen molar-refractivity contribution in [3.8, 4) is 11.4 Å². The maximum atomic E-state index is 11.9.